The Balaban J connectivity index is 2.11. The molecule has 12 heavy (non-hydrogen) atoms. The Labute approximate surface area is 73.0 Å². The molecule has 0 aromatic carbocycles. The molecule has 0 radical (unpaired) electrons. The van der Waals surface area contributed by atoms with Crippen molar-refractivity contribution in [3.05, 3.63) is 0 Å². The number of carboxylic acid groups (broad SMARTS) is 1. The van der Waals surface area contributed by atoms with E-state index in [1.165, 1.54) is 6.42 Å². The lowest BCUT2D eigenvalue weighted by Crippen LogP contribution is -2.31. The molecule has 2 aliphatic carbocycles. The number of carbonyl (C=O) groups is 1. The Hall–Kier alpha value is -0.530. The Kier molecular flexibility index (Phi) is 1.67. The summed E-state index contributed by atoms with van der Waals surface area (Å²) < 4.78 is 0. The molecule has 0 heterocycles. The molecule has 1 spiro atoms. The summed E-state index contributed by atoms with van der Waals surface area (Å²) in [4.78, 5) is 11.0. The van der Waals surface area contributed by atoms with Gasteiger partial charge in [0.05, 0.1) is 5.92 Å². The highest BCUT2D eigenvalue weighted by molar-refractivity contribution is 5.71. The normalized spacial score (nSPS) is 38.1. The highest BCUT2D eigenvalue weighted by Crippen LogP contribution is 2.60. The van der Waals surface area contributed by atoms with E-state index in [-0.39, 0.29) is 11.3 Å². The molecular weight excluding hydrogens is 152 g/mol. The van der Waals surface area contributed by atoms with Crippen molar-refractivity contribution >= 4 is 5.97 Å². The van der Waals surface area contributed by atoms with Crippen molar-refractivity contribution in [3.63, 3.8) is 0 Å². The van der Waals surface area contributed by atoms with Crippen molar-refractivity contribution < 1.29 is 9.90 Å². The van der Waals surface area contributed by atoms with Gasteiger partial charge in [-0.15, -0.1) is 0 Å². The number of aliphatic carboxylic acids is 1. The van der Waals surface area contributed by atoms with Crippen LogP contribution in [0.1, 0.15) is 39.0 Å². The minimum atomic E-state index is -0.556. The van der Waals surface area contributed by atoms with Gasteiger partial charge < -0.3 is 5.11 Å². The summed E-state index contributed by atoms with van der Waals surface area (Å²) >= 11 is 0. The van der Waals surface area contributed by atoms with Gasteiger partial charge in [-0.1, -0.05) is 13.3 Å². The van der Waals surface area contributed by atoms with Gasteiger partial charge in [-0.3, -0.25) is 4.79 Å². The Morgan fingerprint density at radius 1 is 1.42 bits per heavy atom. The van der Waals surface area contributed by atoms with Crippen LogP contribution in [0.5, 0.6) is 0 Å². The molecule has 2 rings (SSSR count). The van der Waals surface area contributed by atoms with Crippen LogP contribution >= 0.6 is 0 Å². The van der Waals surface area contributed by atoms with Crippen LogP contribution < -0.4 is 0 Å². The second kappa shape index (κ2) is 2.48. The lowest BCUT2D eigenvalue weighted by molar-refractivity contribution is -0.146. The Morgan fingerprint density at radius 2 is 2.08 bits per heavy atom. The van der Waals surface area contributed by atoms with Crippen LogP contribution in [0, 0.1) is 17.3 Å². The summed E-state index contributed by atoms with van der Waals surface area (Å²) in [5.41, 5.74) is 0.248. The molecule has 0 aromatic heterocycles. The van der Waals surface area contributed by atoms with E-state index in [4.69, 9.17) is 5.11 Å². The van der Waals surface area contributed by atoms with Gasteiger partial charge >= 0.3 is 5.97 Å². The Morgan fingerprint density at radius 3 is 2.58 bits per heavy atom. The van der Waals surface area contributed by atoms with Crippen molar-refractivity contribution in [3.8, 4) is 0 Å². The van der Waals surface area contributed by atoms with E-state index in [1.54, 1.807) is 0 Å². The largest absolute Gasteiger partial charge is 0.481 e. The van der Waals surface area contributed by atoms with E-state index in [1.807, 2.05) is 0 Å². The fourth-order valence-corrected chi connectivity index (χ4v) is 2.60. The summed E-state index contributed by atoms with van der Waals surface area (Å²) in [7, 11) is 0. The van der Waals surface area contributed by atoms with Crippen LogP contribution in [0.2, 0.25) is 0 Å². The van der Waals surface area contributed by atoms with Crippen molar-refractivity contribution in [2.45, 2.75) is 39.0 Å². The zero-order valence-corrected chi connectivity index (χ0v) is 7.55. The maximum absolute atomic E-state index is 11.0. The van der Waals surface area contributed by atoms with Crippen molar-refractivity contribution in [1.29, 1.82) is 0 Å². The maximum atomic E-state index is 11.0. The third kappa shape index (κ3) is 1.13. The number of hydrogen-bond donors (Lipinski definition) is 1. The topological polar surface area (TPSA) is 37.3 Å². The maximum Gasteiger partial charge on any atom is 0.307 e. The predicted molar refractivity (Wildman–Crippen MR) is 45.8 cm³/mol. The standard InChI is InChI=1S/C10H16O2/c1-7-2-3-10(4-5-10)8(6-7)9(11)12/h7-8H,2-6H2,1H3,(H,11,12). The molecule has 2 atom stereocenters. The number of hydrogen-bond acceptors (Lipinski definition) is 1. The number of rotatable bonds is 1. The minimum absolute atomic E-state index is 0.0266. The zero-order valence-electron chi connectivity index (χ0n) is 7.55. The molecule has 1 N–H and O–H groups in total. The monoisotopic (exact) mass is 168 g/mol. The zero-order chi connectivity index (χ0) is 8.77. The second-order valence-corrected chi connectivity index (χ2v) is 4.63. The van der Waals surface area contributed by atoms with E-state index in [0.717, 1.165) is 25.7 Å². The van der Waals surface area contributed by atoms with Gasteiger partial charge in [0, 0.05) is 0 Å². The van der Waals surface area contributed by atoms with Crippen LogP contribution in [0.3, 0.4) is 0 Å². The predicted octanol–water partition coefficient (Wildman–Crippen LogP) is 2.29. The van der Waals surface area contributed by atoms with E-state index in [2.05, 4.69) is 6.92 Å². The highest BCUT2D eigenvalue weighted by atomic mass is 16.4. The van der Waals surface area contributed by atoms with Gasteiger partial charge in [-0.2, -0.15) is 0 Å². The molecule has 0 aromatic rings. The fourth-order valence-electron chi connectivity index (χ4n) is 2.60. The van der Waals surface area contributed by atoms with Gasteiger partial charge in [-0.25, -0.2) is 0 Å². The van der Waals surface area contributed by atoms with Gasteiger partial charge in [0.15, 0.2) is 0 Å². The van der Waals surface area contributed by atoms with E-state index < -0.39 is 5.97 Å². The van der Waals surface area contributed by atoms with E-state index >= 15 is 0 Å². The minimum Gasteiger partial charge on any atom is -0.481 e. The molecule has 2 heteroatoms. The molecule has 0 aliphatic heterocycles. The van der Waals surface area contributed by atoms with Crippen molar-refractivity contribution in [2.75, 3.05) is 0 Å². The summed E-state index contributed by atoms with van der Waals surface area (Å²) in [6, 6.07) is 0. The summed E-state index contributed by atoms with van der Waals surface area (Å²) in [5, 5.41) is 9.03. The lowest BCUT2D eigenvalue weighted by Gasteiger charge is -2.32. The van der Waals surface area contributed by atoms with Crippen LogP contribution in [0.15, 0.2) is 0 Å². The van der Waals surface area contributed by atoms with Crippen molar-refractivity contribution in [2.24, 2.45) is 17.3 Å². The first-order valence-corrected chi connectivity index (χ1v) is 4.87. The molecule has 2 nitrogen and oxygen atoms in total. The Bertz CT molecular complexity index is 206. The molecule has 0 saturated heterocycles. The lowest BCUT2D eigenvalue weighted by atomic mass is 9.72. The van der Waals surface area contributed by atoms with Gasteiger partial charge in [0.25, 0.3) is 0 Å². The van der Waals surface area contributed by atoms with Crippen LogP contribution in [0.4, 0.5) is 0 Å². The average molecular weight is 168 g/mol. The summed E-state index contributed by atoms with van der Waals surface area (Å²) in [5.74, 6) is 0.0395. The third-order valence-corrected chi connectivity index (χ3v) is 3.70. The molecule has 0 amide bonds. The van der Waals surface area contributed by atoms with Crippen molar-refractivity contribution in [1.82, 2.24) is 0 Å². The molecule has 0 bridgehead atoms. The van der Waals surface area contributed by atoms with Crippen LogP contribution in [-0.4, -0.2) is 11.1 Å². The quantitative estimate of drug-likeness (QED) is 0.652. The second-order valence-electron chi connectivity index (χ2n) is 4.63. The third-order valence-electron chi connectivity index (χ3n) is 3.70. The van der Waals surface area contributed by atoms with Gasteiger partial charge in [0.2, 0.25) is 0 Å². The first-order chi connectivity index (χ1) is 5.64. The molecule has 2 fully saturated rings. The van der Waals surface area contributed by atoms with Gasteiger partial charge in [-0.05, 0) is 37.0 Å². The fraction of sp³-hybridized carbons (Fsp3) is 0.900. The van der Waals surface area contributed by atoms with Crippen LogP contribution in [0.25, 0.3) is 0 Å². The number of carboxylic acids is 1. The SMILES string of the molecule is CC1CCC2(CC2)C(C(=O)O)C1. The highest BCUT2D eigenvalue weighted by Gasteiger charge is 2.54. The first-order valence-electron chi connectivity index (χ1n) is 4.87. The molecule has 68 valence electrons. The van der Waals surface area contributed by atoms with E-state index in [0.29, 0.717) is 5.92 Å². The van der Waals surface area contributed by atoms with E-state index in [9.17, 15) is 4.79 Å². The molecule has 2 aliphatic rings. The summed E-state index contributed by atoms with van der Waals surface area (Å²) in [6.07, 6.45) is 5.64. The summed E-state index contributed by atoms with van der Waals surface area (Å²) in [6.45, 7) is 2.17. The van der Waals surface area contributed by atoms with Gasteiger partial charge in [0.1, 0.15) is 0 Å². The molecule has 2 saturated carbocycles. The smallest absolute Gasteiger partial charge is 0.307 e. The molecule has 2 unspecified atom stereocenters. The first kappa shape index (κ1) is 8.09. The average Bonchev–Trinajstić information content (AvgIpc) is 2.76. The van der Waals surface area contributed by atoms with Crippen LogP contribution in [-0.2, 0) is 4.79 Å². The molecular formula is C10H16O2.